The predicted molar refractivity (Wildman–Crippen MR) is 98.0 cm³/mol. The molecular formula is C19H22N6O2. The Kier molecular flexibility index (Phi) is 4.47. The number of aromatic nitrogens is 5. The third-order valence-corrected chi connectivity index (χ3v) is 4.97. The number of piperidine rings is 1. The quantitative estimate of drug-likeness (QED) is 0.764. The number of hydrogen-bond donors (Lipinski definition) is 1. The molecule has 1 unspecified atom stereocenters. The van der Waals surface area contributed by atoms with Gasteiger partial charge in [0.05, 0.1) is 23.0 Å². The summed E-state index contributed by atoms with van der Waals surface area (Å²) in [6.07, 6.45) is 4.51. The number of carbonyl (C=O) groups excluding carboxylic acids is 1. The zero-order chi connectivity index (χ0) is 19.0. The zero-order valence-electron chi connectivity index (χ0n) is 15.7. The molecule has 1 amide bonds. The Labute approximate surface area is 157 Å². The maximum absolute atomic E-state index is 12.9. The minimum Gasteiger partial charge on any atom is -0.361 e. The lowest BCUT2D eigenvalue weighted by Crippen LogP contribution is -2.39. The number of nitrogens with one attached hydrogen (secondary N) is 1. The average Bonchev–Trinajstić information content (AvgIpc) is 3.31. The van der Waals surface area contributed by atoms with Crippen molar-refractivity contribution in [3.8, 4) is 11.4 Å². The number of nitrogens with zero attached hydrogens (tertiary/aromatic N) is 5. The van der Waals surface area contributed by atoms with Gasteiger partial charge in [0.1, 0.15) is 11.5 Å². The van der Waals surface area contributed by atoms with Crippen LogP contribution in [0.5, 0.6) is 0 Å². The Morgan fingerprint density at radius 3 is 2.81 bits per heavy atom. The summed E-state index contributed by atoms with van der Waals surface area (Å²) in [6, 6.07) is 3.58. The molecule has 140 valence electrons. The first-order valence-corrected chi connectivity index (χ1v) is 9.13. The van der Waals surface area contributed by atoms with Gasteiger partial charge >= 0.3 is 0 Å². The summed E-state index contributed by atoms with van der Waals surface area (Å²) in [5.74, 6) is 1.24. The van der Waals surface area contributed by atoms with Crippen LogP contribution < -0.4 is 0 Å². The predicted octanol–water partition coefficient (Wildman–Crippen LogP) is 3.15. The fourth-order valence-electron chi connectivity index (χ4n) is 3.69. The van der Waals surface area contributed by atoms with Gasteiger partial charge in [-0.05, 0) is 52.2 Å². The van der Waals surface area contributed by atoms with Crippen molar-refractivity contribution in [2.45, 2.75) is 46.1 Å². The molecule has 4 rings (SSSR count). The Hall–Kier alpha value is -3.03. The lowest BCUT2D eigenvalue weighted by molar-refractivity contribution is 0.0599. The van der Waals surface area contributed by atoms with Gasteiger partial charge in [0.25, 0.3) is 5.91 Å². The van der Waals surface area contributed by atoms with Crippen molar-refractivity contribution in [3.05, 3.63) is 46.9 Å². The topological polar surface area (TPSA) is 101 Å². The number of aromatic amines is 1. The van der Waals surface area contributed by atoms with Crippen LogP contribution in [0.15, 0.2) is 22.9 Å². The standard InChI is InChI=1S/C19H22N6O2/c1-11-10-15(22-18(21-11)17-12(2)24-27-13(17)3)16-6-4-5-9-25(16)19(26)14-7-8-20-23-14/h7-8,10,16H,4-6,9H2,1-3H3,(H,20,23). The second-order valence-corrected chi connectivity index (χ2v) is 6.94. The van der Waals surface area contributed by atoms with Crippen LogP contribution in [0.1, 0.15) is 58.6 Å². The molecule has 0 aliphatic carbocycles. The van der Waals surface area contributed by atoms with Gasteiger partial charge in [-0.15, -0.1) is 0 Å². The average molecular weight is 366 g/mol. The van der Waals surface area contributed by atoms with Crippen molar-refractivity contribution in [3.63, 3.8) is 0 Å². The van der Waals surface area contributed by atoms with Crippen LogP contribution in [-0.4, -0.2) is 42.7 Å². The monoisotopic (exact) mass is 366 g/mol. The summed E-state index contributed by atoms with van der Waals surface area (Å²) < 4.78 is 5.28. The van der Waals surface area contributed by atoms with Gasteiger partial charge in [0, 0.05) is 18.4 Å². The smallest absolute Gasteiger partial charge is 0.272 e. The fourth-order valence-corrected chi connectivity index (χ4v) is 3.69. The molecular weight excluding hydrogens is 344 g/mol. The van der Waals surface area contributed by atoms with E-state index in [9.17, 15) is 4.79 Å². The molecule has 27 heavy (non-hydrogen) atoms. The summed E-state index contributed by atoms with van der Waals surface area (Å²) in [7, 11) is 0. The lowest BCUT2D eigenvalue weighted by atomic mass is 9.98. The third kappa shape index (κ3) is 3.22. The summed E-state index contributed by atoms with van der Waals surface area (Å²) >= 11 is 0. The molecule has 0 aromatic carbocycles. The maximum Gasteiger partial charge on any atom is 0.272 e. The Bertz CT molecular complexity index is 943. The molecule has 1 aliphatic rings. The van der Waals surface area contributed by atoms with E-state index in [4.69, 9.17) is 9.51 Å². The van der Waals surface area contributed by atoms with E-state index in [1.54, 1.807) is 12.3 Å². The zero-order valence-corrected chi connectivity index (χ0v) is 15.7. The van der Waals surface area contributed by atoms with Crippen molar-refractivity contribution < 1.29 is 9.32 Å². The largest absolute Gasteiger partial charge is 0.361 e. The molecule has 1 N–H and O–H groups in total. The molecule has 0 bridgehead atoms. The first kappa shape index (κ1) is 17.4. The van der Waals surface area contributed by atoms with Gasteiger partial charge in [-0.2, -0.15) is 5.10 Å². The van der Waals surface area contributed by atoms with Gasteiger partial charge < -0.3 is 9.42 Å². The molecule has 4 heterocycles. The number of carbonyl (C=O) groups is 1. The minimum atomic E-state index is -0.0875. The van der Waals surface area contributed by atoms with E-state index in [1.807, 2.05) is 31.7 Å². The van der Waals surface area contributed by atoms with Crippen LogP contribution in [0.25, 0.3) is 11.4 Å². The van der Waals surface area contributed by atoms with Crippen LogP contribution in [-0.2, 0) is 0 Å². The van der Waals surface area contributed by atoms with Crippen molar-refractivity contribution in [1.29, 1.82) is 0 Å². The van der Waals surface area contributed by atoms with E-state index in [0.717, 1.165) is 41.9 Å². The normalized spacial score (nSPS) is 17.3. The highest BCUT2D eigenvalue weighted by atomic mass is 16.5. The van der Waals surface area contributed by atoms with Gasteiger partial charge in [-0.3, -0.25) is 9.89 Å². The Balaban J connectivity index is 1.74. The van der Waals surface area contributed by atoms with E-state index in [0.29, 0.717) is 23.8 Å². The van der Waals surface area contributed by atoms with Gasteiger partial charge in [-0.1, -0.05) is 5.16 Å². The molecule has 1 fully saturated rings. The molecule has 8 heteroatoms. The molecule has 3 aromatic heterocycles. The van der Waals surface area contributed by atoms with E-state index in [2.05, 4.69) is 20.3 Å². The van der Waals surface area contributed by atoms with Crippen molar-refractivity contribution in [2.24, 2.45) is 0 Å². The summed E-state index contributed by atoms with van der Waals surface area (Å²) in [5.41, 5.74) is 3.79. The highest BCUT2D eigenvalue weighted by Crippen LogP contribution is 2.33. The van der Waals surface area contributed by atoms with E-state index in [1.165, 1.54) is 0 Å². The first-order valence-electron chi connectivity index (χ1n) is 9.13. The van der Waals surface area contributed by atoms with Crippen LogP contribution in [0, 0.1) is 20.8 Å². The summed E-state index contributed by atoms with van der Waals surface area (Å²) in [4.78, 5) is 24.2. The van der Waals surface area contributed by atoms with E-state index >= 15 is 0 Å². The Morgan fingerprint density at radius 1 is 1.26 bits per heavy atom. The molecule has 0 radical (unpaired) electrons. The second kappa shape index (κ2) is 6.94. The molecule has 8 nitrogen and oxygen atoms in total. The summed E-state index contributed by atoms with van der Waals surface area (Å²) in [5, 5.41) is 10.7. The van der Waals surface area contributed by atoms with Crippen molar-refractivity contribution >= 4 is 5.91 Å². The number of likely N-dealkylation sites (tertiary alicyclic amines) is 1. The number of aryl methyl sites for hydroxylation is 3. The SMILES string of the molecule is Cc1cc(C2CCCCN2C(=O)c2ccn[nH]2)nc(-c2c(C)noc2C)n1. The van der Waals surface area contributed by atoms with Gasteiger partial charge in [-0.25, -0.2) is 9.97 Å². The van der Waals surface area contributed by atoms with Crippen molar-refractivity contribution in [1.82, 2.24) is 30.2 Å². The molecule has 3 aromatic rings. The number of rotatable bonds is 3. The van der Waals surface area contributed by atoms with Crippen LogP contribution in [0.2, 0.25) is 0 Å². The van der Waals surface area contributed by atoms with Crippen LogP contribution >= 0.6 is 0 Å². The van der Waals surface area contributed by atoms with Gasteiger partial charge in [0.2, 0.25) is 0 Å². The fraction of sp³-hybridized carbons (Fsp3) is 0.421. The number of H-pyrrole nitrogens is 1. The highest BCUT2D eigenvalue weighted by molar-refractivity contribution is 5.92. The number of hydrogen-bond acceptors (Lipinski definition) is 6. The van der Waals surface area contributed by atoms with Gasteiger partial charge in [0.15, 0.2) is 5.82 Å². The molecule has 0 spiro atoms. The highest BCUT2D eigenvalue weighted by Gasteiger charge is 2.31. The van der Waals surface area contributed by atoms with Crippen LogP contribution in [0.4, 0.5) is 0 Å². The van der Waals surface area contributed by atoms with Crippen LogP contribution in [0.3, 0.4) is 0 Å². The van der Waals surface area contributed by atoms with E-state index < -0.39 is 0 Å². The second-order valence-electron chi connectivity index (χ2n) is 6.94. The van der Waals surface area contributed by atoms with Crippen molar-refractivity contribution in [2.75, 3.05) is 6.54 Å². The van der Waals surface area contributed by atoms with E-state index in [-0.39, 0.29) is 11.9 Å². The first-order chi connectivity index (χ1) is 13.0. The molecule has 1 aliphatic heterocycles. The number of amides is 1. The minimum absolute atomic E-state index is 0.0487. The summed E-state index contributed by atoms with van der Waals surface area (Å²) in [6.45, 7) is 6.38. The maximum atomic E-state index is 12.9. The Morgan fingerprint density at radius 2 is 2.11 bits per heavy atom. The third-order valence-electron chi connectivity index (χ3n) is 4.97. The lowest BCUT2D eigenvalue weighted by Gasteiger charge is -2.35. The molecule has 0 saturated carbocycles. The molecule has 1 saturated heterocycles. The molecule has 1 atom stereocenters.